The molecular formula is C25H22ClNO6. The molecule has 1 unspecified atom stereocenters. The number of halogens is 1. The lowest BCUT2D eigenvalue weighted by atomic mass is 9.95. The Bertz CT molecular complexity index is 1200. The summed E-state index contributed by atoms with van der Waals surface area (Å²) in [5.41, 5.74) is 0.763. The maximum absolute atomic E-state index is 13.1. The zero-order chi connectivity index (χ0) is 23.5. The zero-order valence-electron chi connectivity index (χ0n) is 18.1. The van der Waals surface area contributed by atoms with E-state index in [1.807, 2.05) is 6.92 Å². The van der Waals surface area contributed by atoms with Crippen LogP contribution in [0, 0.1) is 0 Å². The van der Waals surface area contributed by atoms with E-state index in [1.165, 1.54) is 24.3 Å². The van der Waals surface area contributed by atoms with Gasteiger partial charge in [-0.1, -0.05) is 23.7 Å². The van der Waals surface area contributed by atoms with Crippen molar-refractivity contribution in [3.05, 3.63) is 88.3 Å². The monoisotopic (exact) mass is 467 g/mol. The van der Waals surface area contributed by atoms with Crippen LogP contribution in [0.15, 0.2) is 70.9 Å². The van der Waals surface area contributed by atoms with E-state index in [0.717, 1.165) is 0 Å². The van der Waals surface area contributed by atoms with Gasteiger partial charge in [0.25, 0.3) is 11.7 Å². The SMILES string of the molecule is CCOc1ccc(C2/C(=C(\O)c3cc(OC)ccc3Cl)C(=O)C(=O)N2Cc2ccco2)cc1. The molecule has 170 valence electrons. The lowest BCUT2D eigenvalue weighted by Crippen LogP contribution is -2.29. The highest BCUT2D eigenvalue weighted by atomic mass is 35.5. The molecule has 3 aromatic rings. The lowest BCUT2D eigenvalue weighted by molar-refractivity contribution is -0.140. The zero-order valence-corrected chi connectivity index (χ0v) is 18.8. The van der Waals surface area contributed by atoms with Crippen LogP contribution in [0.25, 0.3) is 5.76 Å². The molecule has 2 aromatic carbocycles. The Morgan fingerprint density at radius 2 is 1.85 bits per heavy atom. The maximum atomic E-state index is 13.1. The number of methoxy groups -OCH3 is 1. The second-order valence-corrected chi connectivity index (χ2v) is 7.76. The average molecular weight is 468 g/mol. The number of Topliss-reactive ketones (excluding diaryl/α,β-unsaturated/α-hetero) is 1. The average Bonchev–Trinajstić information content (AvgIpc) is 3.42. The van der Waals surface area contributed by atoms with Crippen molar-refractivity contribution in [2.24, 2.45) is 0 Å². The fourth-order valence-electron chi connectivity index (χ4n) is 3.83. The molecule has 8 heteroatoms. The molecule has 0 radical (unpaired) electrons. The number of hydrogen-bond donors (Lipinski definition) is 1. The largest absolute Gasteiger partial charge is 0.507 e. The second-order valence-electron chi connectivity index (χ2n) is 7.35. The number of hydrogen-bond acceptors (Lipinski definition) is 6. The van der Waals surface area contributed by atoms with E-state index in [1.54, 1.807) is 48.5 Å². The smallest absolute Gasteiger partial charge is 0.296 e. The lowest BCUT2D eigenvalue weighted by Gasteiger charge is -2.24. The third kappa shape index (κ3) is 4.32. The number of likely N-dealkylation sites (tertiary alicyclic amines) is 1. The molecule has 0 aliphatic carbocycles. The molecule has 1 fully saturated rings. The number of ketones is 1. The summed E-state index contributed by atoms with van der Waals surface area (Å²) in [6.07, 6.45) is 1.49. The summed E-state index contributed by atoms with van der Waals surface area (Å²) in [7, 11) is 1.48. The van der Waals surface area contributed by atoms with Crippen molar-refractivity contribution in [2.45, 2.75) is 19.5 Å². The van der Waals surface area contributed by atoms with Gasteiger partial charge in [0.15, 0.2) is 0 Å². The molecular weight excluding hydrogens is 446 g/mol. The van der Waals surface area contributed by atoms with Gasteiger partial charge in [0.05, 0.1) is 43.2 Å². The molecule has 4 rings (SSSR count). The van der Waals surface area contributed by atoms with Gasteiger partial charge in [-0.3, -0.25) is 9.59 Å². The summed E-state index contributed by atoms with van der Waals surface area (Å²) in [6.45, 7) is 2.44. The summed E-state index contributed by atoms with van der Waals surface area (Å²) in [4.78, 5) is 27.6. The predicted molar refractivity (Wildman–Crippen MR) is 122 cm³/mol. The van der Waals surface area contributed by atoms with Crippen LogP contribution in [0.2, 0.25) is 5.02 Å². The molecule has 1 aromatic heterocycles. The van der Waals surface area contributed by atoms with Crippen LogP contribution in [-0.2, 0) is 16.1 Å². The Balaban J connectivity index is 1.87. The minimum atomic E-state index is -0.854. The molecule has 7 nitrogen and oxygen atoms in total. The van der Waals surface area contributed by atoms with Crippen molar-refractivity contribution in [1.29, 1.82) is 0 Å². The molecule has 33 heavy (non-hydrogen) atoms. The van der Waals surface area contributed by atoms with Crippen molar-refractivity contribution in [1.82, 2.24) is 4.90 Å². The van der Waals surface area contributed by atoms with Gasteiger partial charge in [0.2, 0.25) is 0 Å². The number of ether oxygens (including phenoxy) is 2. The van der Waals surface area contributed by atoms with Gasteiger partial charge >= 0.3 is 0 Å². The Labute approximate surface area is 195 Å². The van der Waals surface area contributed by atoms with Gasteiger partial charge in [0, 0.05) is 5.56 Å². The first-order valence-corrected chi connectivity index (χ1v) is 10.7. The van der Waals surface area contributed by atoms with Crippen molar-refractivity contribution >= 4 is 29.1 Å². The van der Waals surface area contributed by atoms with Crippen LogP contribution >= 0.6 is 11.6 Å². The predicted octanol–water partition coefficient (Wildman–Crippen LogP) is 4.96. The minimum Gasteiger partial charge on any atom is -0.507 e. The molecule has 1 aliphatic heterocycles. The number of amides is 1. The first-order chi connectivity index (χ1) is 15.9. The number of nitrogens with zero attached hydrogens (tertiary/aromatic N) is 1. The van der Waals surface area contributed by atoms with Gasteiger partial charge in [0.1, 0.15) is 23.0 Å². The van der Waals surface area contributed by atoms with E-state index >= 15 is 0 Å². The molecule has 1 atom stereocenters. The number of aliphatic hydroxyl groups excluding tert-OH is 1. The highest BCUT2D eigenvalue weighted by molar-refractivity contribution is 6.47. The highest BCUT2D eigenvalue weighted by Gasteiger charge is 2.46. The fourth-order valence-corrected chi connectivity index (χ4v) is 4.04. The Kier molecular flexibility index (Phi) is 6.42. The second kappa shape index (κ2) is 9.42. The first kappa shape index (κ1) is 22.5. The summed E-state index contributed by atoms with van der Waals surface area (Å²) < 4.78 is 16.1. The van der Waals surface area contributed by atoms with Gasteiger partial charge in [-0.05, 0) is 55.0 Å². The molecule has 1 N–H and O–H groups in total. The number of furan rings is 1. The van der Waals surface area contributed by atoms with Crippen LogP contribution in [0.4, 0.5) is 0 Å². The quantitative estimate of drug-likeness (QED) is 0.300. The Morgan fingerprint density at radius 3 is 2.48 bits per heavy atom. The molecule has 0 bridgehead atoms. The summed E-state index contributed by atoms with van der Waals surface area (Å²) >= 11 is 6.32. The number of carbonyl (C=O) groups is 2. The van der Waals surface area contributed by atoms with E-state index in [4.69, 9.17) is 25.5 Å². The van der Waals surface area contributed by atoms with Gasteiger partial charge < -0.3 is 23.9 Å². The van der Waals surface area contributed by atoms with Gasteiger partial charge in [-0.15, -0.1) is 0 Å². The van der Waals surface area contributed by atoms with E-state index in [-0.39, 0.29) is 28.5 Å². The van der Waals surface area contributed by atoms with Crippen LogP contribution in [-0.4, -0.2) is 35.4 Å². The molecule has 0 spiro atoms. The van der Waals surface area contributed by atoms with Gasteiger partial charge in [-0.2, -0.15) is 0 Å². The first-order valence-electron chi connectivity index (χ1n) is 10.3. The van der Waals surface area contributed by atoms with Crippen LogP contribution in [0.1, 0.15) is 29.9 Å². The van der Waals surface area contributed by atoms with E-state index in [2.05, 4.69) is 0 Å². The summed E-state index contributed by atoms with van der Waals surface area (Å²) in [6, 6.07) is 14.3. The Morgan fingerprint density at radius 1 is 1.12 bits per heavy atom. The van der Waals surface area contributed by atoms with Crippen LogP contribution in [0.3, 0.4) is 0 Å². The molecule has 0 saturated carbocycles. The van der Waals surface area contributed by atoms with E-state index < -0.39 is 17.7 Å². The van der Waals surface area contributed by atoms with Crippen LogP contribution in [0.5, 0.6) is 11.5 Å². The molecule has 1 aliphatic rings. The standard InChI is InChI=1S/C25H22ClNO6/c1-3-32-16-8-6-15(7-9-16)22-21(23(28)19-13-17(31-2)10-11-20(19)26)24(29)25(30)27(22)14-18-5-4-12-33-18/h4-13,22,28H,3,14H2,1-2H3/b23-21+. The van der Waals surface area contributed by atoms with E-state index in [9.17, 15) is 14.7 Å². The topological polar surface area (TPSA) is 89.2 Å². The molecule has 1 amide bonds. The number of rotatable bonds is 7. The van der Waals surface area contributed by atoms with Crippen LogP contribution < -0.4 is 9.47 Å². The fraction of sp³-hybridized carbons (Fsp3) is 0.200. The van der Waals surface area contributed by atoms with Crippen molar-refractivity contribution in [3.63, 3.8) is 0 Å². The Hall–Kier alpha value is -3.71. The maximum Gasteiger partial charge on any atom is 0.296 e. The number of carbonyl (C=O) groups excluding carboxylic acids is 2. The summed E-state index contributed by atoms with van der Waals surface area (Å²) in [5.74, 6) is -0.323. The molecule has 1 saturated heterocycles. The molecule has 2 heterocycles. The number of aliphatic hydroxyl groups is 1. The van der Waals surface area contributed by atoms with Crippen molar-refractivity contribution in [3.8, 4) is 11.5 Å². The van der Waals surface area contributed by atoms with Crippen molar-refractivity contribution < 1.29 is 28.6 Å². The third-order valence-corrected chi connectivity index (χ3v) is 5.71. The normalized spacial score (nSPS) is 17.4. The number of benzene rings is 2. The minimum absolute atomic E-state index is 0.0536. The third-order valence-electron chi connectivity index (χ3n) is 5.38. The van der Waals surface area contributed by atoms with Crippen molar-refractivity contribution in [2.75, 3.05) is 13.7 Å². The van der Waals surface area contributed by atoms with Gasteiger partial charge in [-0.25, -0.2) is 0 Å². The van der Waals surface area contributed by atoms with E-state index in [0.29, 0.717) is 29.4 Å². The summed E-state index contributed by atoms with van der Waals surface area (Å²) in [5, 5.41) is 11.4. The highest BCUT2D eigenvalue weighted by Crippen LogP contribution is 2.42.